The Balaban J connectivity index is 1.84. The highest BCUT2D eigenvalue weighted by Gasteiger charge is 2.44. The van der Waals surface area contributed by atoms with E-state index in [9.17, 15) is 4.79 Å². The maximum Gasteiger partial charge on any atom is 0.241 e. The van der Waals surface area contributed by atoms with Gasteiger partial charge in [-0.25, -0.2) is 0 Å². The molecule has 2 fully saturated rings. The maximum absolute atomic E-state index is 12.6. The summed E-state index contributed by atoms with van der Waals surface area (Å²) in [5, 5.41) is 3.53. The third kappa shape index (κ3) is 2.40. The van der Waals surface area contributed by atoms with Crippen molar-refractivity contribution in [1.82, 2.24) is 10.2 Å². The SMILES string of the molecule is CCC1NC(c2ccc(C)s2)N(CC2(C)CCC2)C1=O. The second kappa shape index (κ2) is 5.15. The van der Waals surface area contributed by atoms with Gasteiger partial charge in [0.1, 0.15) is 6.17 Å². The average Bonchev–Trinajstić information content (AvgIpc) is 2.93. The van der Waals surface area contributed by atoms with Crippen LogP contribution in [0.1, 0.15) is 55.5 Å². The van der Waals surface area contributed by atoms with Crippen molar-refractivity contribution in [1.29, 1.82) is 0 Å². The van der Waals surface area contributed by atoms with Crippen molar-refractivity contribution in [2.45, 2.75) is 58.7 Å². The Morgan fingerprint density at radius 3 is 2.70 bits per heavy atom. The number of thiophene rings is 1. The Kier molecular flexibility index (Phi) is 3.63. The standard InChI is InChI=1S/C16H24N2OS/c1-4-12-15(19)18(10-16(3)8-5-9-16)14(17-12)13-7-6-11(2)20-13/h6-7,12,14,17H,4-5,8-10H2,1-3H3. The molecular weight excluding hydrogens is 268 g/mol. The highest BCUT2D eigenvalue weighted by Crippen LogP contribution is 2.43. The summed E-state index contributed by atoms with van der Waals surface area (Å²) in [4.78, 5) is 17.3. The zero-order chi connectivity index (χ0) is 14.3. The number of rotatable bonds is 4. The Bertz CT molecular complexity index is 506. The molecule has 1 aromatic heterocycles. The Morgan fingerprint density at radius 1 is 1.45 bits per heavy atom. The van der Waals surface area contributed by atoms with E-state index in [2.05, 4.69) is 43.1 Å². The zero-order valence-electron chi connectivity index (χ0n) is 12.6. The fourth-order valence-electron chi connectivity index (χ4n) is 3.33. The van der Waals surface area contributed by atoms with E-state index in [0.29, 0.717) is 5.41 Å². The first-order valence-corrected chi connectivity index (χ1v) is 8.47. The van der Waals surface area contributed by atoms with Gasteiger partial charge < -0.3 is 4.90 Å². The van der Waals surface area contributed by atoms with Crippen LogP contribution in [0.4, 0.5) is 0 Å². The summed E-state index contributed by atoms with van der Waals surface area (Å²) in [5.74, 6) is 0.289. The normalized spacial score (nSPS) is 28.8. The Labute approximate surface area is 125 Å². The minimum atomic E-state index is -0.00826. The predicted molar refractivity (Wildman–Crippen MR) is 82.7 cm³/mol. The van der Waals surface area contributed by atoms with Crippen molar-refractivity contribution in [3.8, 4) is 0 Å². The molecule has 0 spiro atoms. The number of nitrogens with one attached hydrogen (secondary N) is 1. The smallest absolute Gasteiger partial charge is 0.241 e. The second-order valence-corrected chi connectivity index (χ2v) is 7.93. The first-order valence-electron chi connectivity index (χ1n) is 7.65. The second-order valence-electron chi connectivity index (χ2n) is 6.61. The molecule has 2 unspecified atom stereocenters. The van der Waals surface area contributed by atoms with Crippen molar-refractivity contribution in [2.24, 2.45) is 5.41 Å². The molecule has 3 rings (SSSR count). The summed E-state index contributed by atoms with van der Waals surface area (Å²) in [6, 6.07) is 4.30. The van der Waals surface area contributed by atoms with E-state index >= 15 is 0 Å². The molecule has 1 aliphatic carbocycles. The van der Waals surface area contributed by atoms with Gasteiger partial charge in [-0.1, -0.05) is 20.3 Å². The topological polar surface area (TPSA) is 32.3 Å². The monoisotopic (exact) mass is 292 g/mol. The Morgan fingerprint density at radius 2 is 2.20 bits per heavy atom. The summed E-state index contributed by atoms with van der Waals surface area (Å²) in [6.07, 6.45) is 4.77. The molecule has 2 aliphatic rings. The number of hydrogen-bond donors (Lipinski definition) is 1. The van der Waals surface area contributed by atoms with Gasteiger partial charge in [-0.3, -0.25) is 10.1 Å². The molecule has 0 radical (unpaired) electrons. The van der Waals surface area contributed by atoms with Crippen molar-refractivity contribution in [3.63, 3.8) is 0 Å². The van der Waals surface area contributed by atoms with Gasteiger partial charge in [0, 0.05) is 16.3 Å². The van der Waals surface area contributed by atoms with Gasteiger partial charge >= 0.3 is 0 Å². The van der Waals surface area contributed by atoms with Gasteiger partial charge in [-0.05, 0) is 43.7 Å². The minimum Gasteiger partial charge on any atom is -0.320 e. The minimum absolute atomic E-state index is 0.00826. The Hall–Kier alpha value is -0.870. The van der Waals surface area contributed by atoms with Crippen LogP contribution >= 0.6 is 11.3 Å². The predicted octanol–water partition coefficient (Wildman–Crippen LogP) is 3.46. The fourth-order valence-corrected chi connectivity index (χ4v) is 4.28. The van der Waals surface area contributed by atoms with E-state index in [1.54, 1.807) is 11.3 Å². The number of carbonyl (C=O) groups is 1. The van der Waals surface area contributed by atoms with Gasteiger partial charge in [0.25, 0.3) is 0 Å². The maximum atomic E-state index is 12.6. The highest BCUT2D eigenvalue weighted by atomic mass is 32.1. The molecule has 2 heterocycles. The van der Waals surface area contributed by atoms with Crippen LogP contribution in [-0.4, -0.2) is 23.4 Å². The summed E-state index contributed by atoms with van der Waals surface area (Å²) < 4.78 is 0. The number of carbonyl (C=O) groups excluding carboxylic acids is 1. The van der Waals surface area contributed by atoms with Crippen LogP contribution in [0.3, 0.4) is 0 Å². The average molecular weight is 292 g/mol. The molecule has 1 aromatic rings. The van der Waals surface area contributed by atoms with Crippen molar-refractivity contribution in [3.05, 3.63) is 21.9 Å². The van der Waals surface area contributed by atoms with Crippen molar-refractivity contribution >= 4 is 17.2 Å². The lowest BCUT2D eigenvalue weighted by molar-refractivity contribution is -0.132. The summed E-state index contributed by atoms with van der Waals surface area (Å²) in [7, 11) is 0. The third-order valence-corrected chi connectivity index (χ3v) is 5.86. The first-order chi connectivity index (χ1) is 9.52. The van der Waals surface area contributed by atoms with E-state index < -0.39 is 0 Å². The lowest BCUT2D eigenvalue weighted by Crippen LogP contribution is -2.43. The van der Waals surface area contributed by atoms with Crippen LogP contribution in [0.25, 0.3) is 0 Å². The molecule has 1 saturated heterocycles. The lowest BCUT2D eigenvalue weighted by Gasteiger charge is -2.42. The van der Waals surface area contributed by atoms with E-state index in [4.69, 9.17) is 0 Å². The largest absolute Gasteiger partial charge is 0.320 e. The van der Waals surface area contributed by atoms with Crippen LogP contribution in [0, 0.1) is 12.3 Å². The summed E-state index contributed by atoms with van der Waals surface area (Å²) >= 11 is 1.80. The summed E-state index contributed by atoms with van der Waals surface area (Å²) in [5.41, 5.74) is 0.338. The molecular formula is C16H24N2OS. The quantitative estimate of drug-likeness (QED) is 0.922. The summed E-state index contributed by atoms with van der Waals surface area (Å²) in [6.45, 7) is 7.43. The van der Waals surface area contributed by atoms with E-state index in [0.717, 1.165) is 13.0 Å². The molecule has 1 N–H and O–H groups in total. The van der Waals surface area contributed by atoms with Gasteiger partial charge in [-0.15, -0.1) is 11.3 Å². The van der Waals surface area contributed by atoms with Gasteiger partial charge in [-0.2, -0.15) is 0 Å². The lowest BCUT2D eigenvalue weighted by atomic mass is 9.70. The molecule has 1 amide bonds. The van der Waals surface area contributed by atoms with Crippen LogP contribution < -0.4 is 5.32 Å². The van der Waals surface area contributed by atoms with Crippen molar-refractivity contribution < 1.29 is 4.79 Å². The number of nitrogens with zero attached hydrogens (tertiary/aromatic N) is 1. The molecule has 3 nitrogen and oxygen atoms in total. The van der Waals surface area contributed by atoms with Gasteiger partial charge in [0.15, 0.2) is 0 Å². The number of amides is 1. The highest BCUT2D eigenvalue weighted by molar-refractivity contribution is 7.12. The fraction of sp³-hybridized carbons (Fsp3) is 0.688. The van der Waals surface area contributed by atoms with E-state index in [1.165, 1.54) is 29.0 Å². The molecule has 4 heteroatoms. The molecule has 0 aromatic carbocycles. The van der Waals surface area contributed by atoms with Gasteiger partial charge in [0.05, 0.1) is 6.04 Å². The van der Waals surface area contributed by atoms with Crippen LogP contribution in [0.15, 0.2) is 12.1 Å². The van der Waals surface area contributed by atoms with E-state index in [1.807, 2.05) is 0 Å². The van der Waals surface area contributed by atoms with E-state index in [-0.39, 0.29) is 18.1 Å². The molecule has 20 heavy (non-hydrogen) atoms. The van der Waals surface area contributed by atoms with Crippen LogP contribution in [-0.2, 0) is 4.79 Å². The molecule has 2 atom stereocenters. The zero-order valence-corrected chi connectivity index (χ0v) is 13.4. The number of aryl methyl sites for hydroxylation is 1. The molecule has 1 saturated carbocycles. The van der Waals surface area contributed by atoms with Gasteiger partial charge in [0.2, 0.25) is 5.91 Å². The molecule has 0 bridgehead atoms. The van der Waals surface area contributed by atoms with Crippen LogP contribution in [0.2, 0.25) is 0 Å². The molecule has 110 valence electrons. The molecule has 1 aliphatic heterocycles. The number of hydrogen-bond acceptors (Lipinski definition) is 3. The third-order valence-electron chi connectivity index (χ3n) is 4.80. The van der Waals surface area contributed by atoms with Crippen LogP contribution in [0.5, 0.6) is 0 Å². The van der Waals surface area contributed by atoms with Crippen molar-refractivity contribution in [2.75, 3.05) is 6.54 Å². The first kappa shape index (κ1) is 14.1.